The van der Waals surface area contributed by atoms with Crippen LogP contribution in [0, 0.1) is 5.82 Å². The number of ether oxygens (including phenoxy) is 1. The third-order valence-corrected chi connectivity index (χ3v) is 4.42. The van der Waals surface area contributed by atoms with Crippen LogP contribution in [0.3, 0.4) is 0 Å². The molecule has 2 amide bonds. The Bertz CT molecular complexity index is 1050. The molecule has 0 aromatic heterocycles. The van der Waals surface area contributed by atoms with Gasteiger partial charge in [0, 0.05) is 18.7 Å². The van der Waals surface area contributed by atoms with Crippen LogP contribution in [0.2, 0.25) is 0 Å². The molecular weight excluding hydrogens is 395 g/mol. The third-order valence-electron chi connectivity index (χ3n) is 4.42. The maximum Gasteiger partial charge on any atom is 0.244 e. The van der Waals surface area contributed by atoms with Crippen molar-refractivity contribution in [2.75, 3.05) is 11.9 Å². The lowest BCUT2D eigenvalue weighted by Gasteiger charge is -2.19. The number of carbonyl (C=O) groups is 2. The van der Waals surface area contributed by atoms with Crippen LogP contribution < -0.4 is 15.4 Å². The molecule has 1 unspecified atom stereocenters. The fraction of sp³-hybridized carbons (Fsp3) is 0.120. The average molecular weight is 418 g/mol. The highest BCUT2D eigenvalue weighted by Crippen LogP contribution is 2.19. The molecule has 1 atom stereocenters. The maximum absolute atomic E-state index is 13.9. The molecular formula is C25H23FN2O3. The Labute approximate surface area is 180 Å². The minimum absolute atomic E-state index is 0.0793. The Morgan fingerprint density at radius 2 is 1.65 bits per heavy atom. The minimum atomic E-state index is -0.458. The summed E-state index contributed by atoms with van der Waals surface area (Å²) in [5.74, 6) is -0.778. The molecule has 0 bridgehead atoms. The second-order valence-electron chi connectivity index (χ2n) is 6.85. The van der Waals surface area contributed by atoms with Gasteiger partial charge in [-0.05, 0) is 41.5 Å². The number of halogens is 1. The van der Waals surface area contributed by atoms with E-state index in [0.717, 1.165) is 11.1 Å². The van der Waals surface area contributed by atoms with E-state index in [1.807, 2.05) is 30.3 Å². The Kier molecular flexibility index (Phi) is 7.54. The molecule has 0 saturated carbocycles. The highest BCUT2D eigenvalue weighted by Gasteiger charge is 2.15. The van der Waals surface area contributed by atoms with Gasteiger partial charge in [-0.2, -0.15) is 0 Å². The van der Waals surface area contributed by atoms with Crippen LogP contribution in [0.25, 0.3) is 6.08 Å². The summed E-state index contributed by atoms with van der Waals surface area (Å²) >= 11 is 0. The molecule has 0 heterocycles. The van der Waals surface area contributed by atoms with Crippen LogP contribution in [-0.2, 0) is 9.59 Å². The van der Waals surface area contributed by atoms with E-state index in [9.17, 15) is 14.0 Å². The number of amides is 2. The third kappa shape index (κ3) is 6.82. The molecule has 3 aromatic carbocycles. The molecule has 0 aliphatic heterocycles. The summed E-state index contributed by atoms with van der Waals surface area (Å²) in [4.78, 5) is 23.6. The zero-order valence-electron chi connectivity index (χ0n) is 17.0. The van der Waals surface area contributed by atoms with Gasteiger partial charge in [0.05, 0.1) is 6.04 Å². The molecule has 31 heavy (non-hydrogen) atoms. The van der Waals surface area contributed by atoms with Gasteiger partial charge in [-0.25, -0.2) is 4.39 Å². The number of carbonyl (C=O) groups excluding carboxylic acids is 2. The monoisotopic (exact) mass is 418 g/mol. The molecule has 3 rings (SSSR count). The van der Waals surface area contributed by atoms with Crippen LogP contribution in [0.1, 0.15) is 24.1 Å². The van der Waals surface area contributed by atoms with Crippen molar-refractivity contribution in [1.82, 2.24) is 5.32 Å². The van der Waals surface area contributed by atoms with Gasteiger partial charge in [0.1, 0.15) is 6.61 Å². The maximum atomic E-state index is 13.9. The fourth-order valence-electron chi connectivity index (χ4n) is 2.91. The number of rotatable bonds is 8. The zero-order chi connectivity index (χ0) is 22.1. The number of para-hydroxylation sites is 1. The van der Waals surface area contributed by atoms with E-state index >= 15 is 0 Å². The van der Waals surface area contributed by atoms with Crippen molar-refractivity contribution in [3.8, 4) is 5.75 Å². The first-order valence-electron chi connectivity index (χ1n) is 9.80. The van der Waals surface area contributed by atoms with Gasteiger partial charge in [0.2, 0.25) is 11.8 Å². The molecule has 0 saturated heterocycles. The molecule has 0 spiro atoms. The van der Waals surface area contributed by atoms with Crippen LogP contribution in [0.15, 0.2) is 84.9 Å². The summed E-state index contributed by atoms with van der Waals surface area (Å²) in [6.45, 7) is 1.52. The molecule has 158 valence electrons. The van der Waals surface area contributed by atoms with Gasteiger partial charge >= 0.3 is 0 Å². The van der Waals surface area contributed by atoms with E-state index in [0.29, 0.717) is 5.69 Å². The smallest absolute Gasteiger partial charge is 0.244 e. The van der Waals surface area contributed by atoms with Gasteiger partial charge in [-0.15, -0.1) is 0 Å². The molecule has 0 aliphatic carbocycles. The van der Waals surface area contributed by atoms with Crippen molar-refractivity contribution in [2.45, 2.75) is 13.0 Å². The molecule has 0 aliphatic rings. The van der Waals surface area contributed by atoms with E-state index in [2.05, 4.69) is 10.6 Å². The number of hydrogen-bond acceptors (Lipinski definition) is 3. The summed E-state index contributed by atoms with van der Waals surface area (Å²) in [5, 5.41) is 5.59. The lowest BCUT2D eigenvalue weighted by atomic mass is 10.1. The number of anilines is 1. The van der Waals surface area contributed by atoms with E-state index in [4.69, 9.17) is 4.74 Å². The van der Waals surface area contributed by atoms with Gasteiger partial charge in [-0.3, -0.25) is 9.59 Å². The van der Waals surface area contributed by atoms with Crippen LogP contribution in [-0.4, -0.2) is 18.4 Å². The fourth-order valence-corrected chi connectivity index (χ4v) is 2.91. The van der Waals surface area contributed by atoms with Crippen molar-refractivity contribution >= 4 is 23.6 Å². The van der Waals surface area contributed by atoms with Gasteiger partial charge in [0.15, 0.2) is 11.6 Å². The van der Waals surface area contributed by atoms with E-state index in [1.165, 1.54) is 19.1 Å². The van der Waals surface area contributed by atoms with Crippen LogP contribution in [0.4, 0.5) is 10.1 Å². The molecule has 3 aromatic rings. The average Bonchev–Trinajstić information content (AvgIpc) is 2.77. The van der Waals surface area contributed by atoms with E-state index in [-0.39, 0.29) is 24.2 Å². The highest BCUT2D eigenvalue weighted by molar-refractivity contribution is 5.92. The van der Waals surface area contributed by atoms with Crippen LogP contribution in [0.5, 0.6) is 5.75 Å². The van der Waals surface area contributed by atoms with E-state index < -0.39 is 11.9 Å². The Morgan fingerprint density at radius 3 is 2.32 bits per heavy atom. The normalized spacial score (nSPS) is 11.7. The summed E-state index contributed by atoms with van der Waals surface area (Å²) < 4.78 is 19.5. The lowest BCUT2D eigenvalue weighted by Crippen LogP contribution is -2.31. The molecule has 0 fully saturated rings. The first-order chi connectivity index (χ1) is 15.0. The van der Waals surface area contributed by atoms with Crippen molar-refractivity contribution < 1.29 is 18.7 Å². The summed E-state index contributed by atoms with van der Waals surface area (Å²) in [6.07, 6.45) is 3.10. The Hall–Kier alpha value is -3.93. The molecule has 6 heteroatoms. The topological polar surface area (TPSA) is 67.4 Å². The Morgan fingerprint density at radius 1 is 0.968 bits per heavy atom. The largest absolute Gasteiger partial charge is 0.488 e. The minimum Gasteiger partial charge on any atom is -0.488 e. The first kappa shape index (κ1) is 21.8. The summed E-state index contributed by atoms with van der Waals surface area (Å²) in [6, 6.07) is 22.2. The van der Waals surface area contributed by atoms with Gasteiger partial charge < -0.3 is 15.4 Å². The standard InChI is InChI=1S/C25H23FN2O3/c1-18(29)27-21-14-11-19(12-15-21)13-16-25(30)28-23(20-7-3-2-4-8-20)17-31-24-10-6-5-9-22(24)26/h2-16,23H,17H2,1H3,(H,27,29)(H,28,30). The number of benzene rings is 3. The Balaban J connectivity index is 1.66. The summed E-state index contributed by atoms with van der Waals surface area (Å²) in [5.41, 5.74) is 2.34. The lowest BCUT2D eigenvalue weighted by molar-refractivity contribution is -0.117. The predicted molar refractivity (Wildman–Crippen MR) is 119 cm³/mol. The zero-order valence-corrected chi connectivity index (χ0v) is 17.0. The van der Waals surface area contributed by atoms with Crippen molar-refractivity contribution in [2.24, 2.45) is 0 Å². The molecule has 0 radical (unpaired) electrons. The molecule has 5 nitrogen and oxygen atoms in total. The first-order valence-corrected chi connectivity index (χ1v) is 9.80. The van der Waals surface area contributed by atoms with Crippen molar-refractivity contribution in [3.63, 3.8) is 0 Å². The number of nitrogens with one attached hydrogen (secondary N) is 2. The second-order valence-corrected chi connectivity index (χ2v) is 6.85. The molecule has 2 N–H and O–H groups in total. The van der Waals surface area contributed by atoms with Gasteiger partial charge in [-0.1, -0.05) is 54.6 Å². The van der Waals surface area contributed by atoms with Crippen molar-refractivity contribution in [3.05, 3.63) is 102 Å². The highest BCUT2D eigenvalue weighted by atomic mass is 19.1. The number of hydrogen-bond donors (Lipinski definition) is 2. The predicted octanol–water partition coefficient (Wildman–Crippen LogP) is 4.73. The van der Waals surface area contributed by atoms with Crippen molar-refractivity contribution in [1.29, 1.82) is 0 Å². The van der Waals surface area contributed by atoms with Gasteiger partial charge in [0.25, 0.3) is 0 Å². The SMILES string of the molecule is CC(=O)Nc1ccc(C=CC(=O)NC(COc2ccccc2F)c2ccccc2)cc1. The van der Waals surface area contributed by atoms with Crippen LogP contribution >= 0.6 is 0 Å². The second kappa shape index (κ2) is 10.7. The van der Waals surface area contributed by atoms with E-state index in [1.54, 1.807) is 48.5 Å². The quantitative estimate of drug-likeness (QED) is 0.520. The summed E-state index contributed by atoms with van der Waals surface area (Å²) in [7, 11) is 0.